The highest BCUT2D eigenvalue weighted by Crippen LogP contribution is 2.29. The van der Waals surface area contributed by atoms with Crippen LogP contribution in [0.4, 0.5) is 18.9 Å². The van der Waals surface area contributed by atoms with Crippen LogP contribution in [-0.2, 0) is 6.18 Å². The molecule has 5 heteroatoms. The van der Waals surface area contributed by atoms with E-state index in [1.54, 1.807) is 12.1 Å². The van der Waals surface area contributed by atoms with Gasteiger partial charge in [-0.25, -0.2) is 0 Å². The third-order valence-electron chi connectivity index (χ3n) is 4.21. The van der Waals surface area contributed by atoms with Crippen molar-refractivity contribution >= 4 is 11.5 Å². The van der Waals surface area contributed by atoms with Gasteiger partial charge >= 0.3 is 6.18 Å². The predicted molar refractivity (Wildman–Crippen MR) is 101 cm³/mol. The van der Waals surface area contributed by atoms with Crippen molar-refractivity contribution in [2.24, 2.45) is 0 Å². The minimum atomic E-state index is -4.35. The van der Waals surface area contributed by atoms with Crippen molar-refractivity contribution in [2.45, 2.75) is 12.6 Å². The summed E-state index contributed by atoms with van der Waals surface area (Å²) in [6.45, 7) is 0.352. The van der Waals surface area contributed by atoms with Gasteiger partial charge in [-0.05, 0) is 35.4 Å². The van der Waals surface area contributed by atoms with Crippen LogP contribution in [0.1, 0.15) is 22.3 Å². The highest BCUT2D eigenvalue weighted by molar-refractivity contribution is 5.96. The van der Waals surface area contributed by atoms with Gasteiger partial charge in [0.1, 0.15) is 0 Å². The van der Waals surface area contributed by atoms with Gasteiger partial charge in [0.2, 0.25) is 0 Å². The van der Waals surface area contributed by atoms with E-state index in [0.717, 1.165) is 23.3 Å². The number of nitrogens with one attached hydrogen (secondary N) is 1. The van der Waals surface area contributed by atoms with E-state index in [0.29, 0.717) is 17.8 Å². The number of alkyl halides is 3. The highest BCUT2D eigenvalue weighted by Gasteiger charge is 2.29. The molecule has 0 aliphatic heterocycles. The molecule has 0 amide bonds. The van der Waals surface area contributed by atoms with Crippen molar-refractivity contribution in [3.05, 3.63) is 90.0 Å². The van der Waals surface area contributed by atoms with E-state index in [2.05, 4.69) is 5.32 Å². The van der Waals surface area contributed by atoms with Crippen molar-refractivity contribution in [2.75, 3.05) is 11.9 Å². The van der Waals surface area contributed by atoms with Crippen LogP contribution in [0.25, 0.3) is 11.1 Å². The first-order valence-electron chi connectivity index (χ1n) is 8.53. The monoisotopic (exact) mass is 369 g/mol. The Hall–Kier alpha value is -3.08. The standard InChI is InChI=1S/C22H18F3NO/c23-22(24,25)19-10-12-20(13-11-19)26-15-14-21(27)18-8-6-17(7-9-18)16-4-2-1-3-5-16/h1-13,26H,14-15H2. The number of rotatable bonds is 6. The maximum absolute atomic E-state index is 12.5. The molecule has 0 saturated heterocycles. The van der Waals surface area contributed by atoms with Gasteiger partial charge in [0.25, 0.3) is 0 Å². The second-order valence-electron chi connectivity index (χ2n) is 6.12. The molecule has 0 spiro atoms. The van der Waals surface area contributed by atoms with Crippen molar-refractivity contribution in [3.63, 3.8) is 0 Å². The largest absolute Gasteiger partial charge is 0.416 e. The molecule has 0 aliphatic rings. The van der Waals surface area contributed by atoms with Gasteiger partial charge in [-0.3, -0.25) is 4.79 Å². The van der Waals surface area contributed by atoms with Crippen molar-refractivity contribution < 1.29 is 18.0 Å². The Morgan fingerprint density at radius 1 is 0.778 bits per heavy atom. The summed E-state index contributed by atoms with van der Waals surface area (Å²) in [5.41, 5.74) is 2.59. The number of hydrogen-bond acceptors (Lipinski definition) is 2. The lowest BCUT2D eigenvalue weighted by atomic mass is 10.0. The Bertz CT molecular complexity index is 886. The van der Waals surface area contributed by atoms with E-state index in [1.165, 1.54) is 12.1 Å². The summed E-state index contributed by atoms with van der Waals surface area (Å²) in [5.74, 6) is -0.0194. The molecule has 0 radical (unpaired) electrons. The molecule has 2 nitrogen and oxygen atoms in total. The lowest BCUT2D eigenvalue weighted by Crippen LogP contribution is -2.09. The summed E-state index contributed by atoms with van der Waals surface area (Å²) in [4.78, 5) is 12.3. The van der Waals surface area contributed by atoms with Crippen molar-refractivity contribution in [1.82, 2.24) is 0 Å². The second-order valence-corrected chi connectivity index (χ2v) is 6.12. The molecular weight excluding hydrogens is 351 g/mol. The molecule has 0 aromatic heterocycles. The summed E-state index contributed by atoms with van der Waals surface area (Å²) in [6, 6.07) is 22.1. The quantitative estimate of drug-likeness (QED) is 0.535. The Morgan fingerprint density at radius 3 is 1.96 bits per heavy atom. The number of Topliss-reactive ketones (excluding diaryl/α,β-unsaturated/α-hetero) is 1. The van der Waals surface area contributed by atoms with Gasteiger partial charge in [0.15, 0.2) is 5.78 Å². The summed E-state index contributed by atoms with van der Waals surface area (Å²) in [5, 5.41) is 2.97. The first-order chi connectivity index (χ1) is 12.9. The Kier molecular flexibility index (Phi) is 5.60. The van der Waals surface area contributed by atoms with Crippen molar-refractivity contribution in [1.29, 1.82) is 0 Å². The molecule has 1 N–H and O–H groups in total. The molecule has 0 aliphatic carbocycles. The fourth-order valence-corrected chi connectivity index (χ4v) is 2.72. The van der Waals surface area contributed by atoms with Crippen LogP contribution >= 0.6 is 0 Å². The van der Waals surface area contributed by atoms with E-state index < -0.39 is 11.7 Å². The SMILES string of the molecule is O=C(CCNc1ccc(C(F)(F)F)cc1)c1ccc(-c2ccccc2)cc1. The molecular formula is C22H18F3NO. The number of hydrogen-bond donors (Lipinski definition) is 1. The third-order valence-corrected chi connectivity index (χ3v) is 4.21. The summed E-state index contributed by atoms with van der Waals surface area (Å²) < 4.78 is 37.6. The molecule has 27 heavy (non-hydrogen) atoms. The molecule has 0 fully saturated rings. The van der Waals surface area contributed by atoms with Gasteiger partial charge in [0, 0.05) is 24.2 Å². The summed E-state index contributed by atoms with van der Waals surface area (Å²) in [7, 11) is 0. The minimum absolute atomic E-state index is 0.0194. The normalized spacial score (nSPS) is 11.2. The fourth-order valence-electron chi connectivity index (χ4n) is 2.72. The first-order valence-corrected chi connectivity index (χ1v) is 8.53. The van der Waals surface area contributed by atoms with Crippen LogP contribution in [0.2, 0.25) is 0 Å². The number of anilines is 1. The number of carbonyl (C=O) groups is 1. The summed E-state index contributed by atoms with van der Waals surface area (Å²) >= 11 is 0. The van der Waals surface area contributed by atoms with Gasteiger partial charge in [-0.1, -0.05) is 54.6 Å². The molecule has 3 rings (SSSR count). The molecule has 0 unspecified atom stereocenters. The van der Waals surface area contributed by atoms with E-state index >= 15 is 0 Å². The highest BCUT2D eigenvalue weighted by atomic mass is 19.4. The van der Waals surface area contributed by atoms with Gasteiger partial charge in [-0.15, -0.1) is 0 Å². The molecule has 3 aromatic rings. The molecule has 0 heterocycles. The van der Waals surface area contributed by atoms with E-state index in [4.69, 9.17) is 0 Å². The van der Waals surface area contributed by atoms with E-state index in [-0.39, 0.29) is 12.2 Å². The molecule has 0 atom stereocenters. The fraction of sp³-hybridized carbons (Fsp3) is 0.136. The molecule has 138 valence electrons. The van der Waals surface area contributed by atoms with Crippen LogP contribution in [0.5, 0.6) is 0 Å². The zero-order chi connectivity index (χ0) is 19.3. The number of benzene rings is 3. The smallest absolute Gasteiger partial charge is 0.385 e. The van der Waals surface area contributed by atoms with E-state index in [9.17, 15) is 18.0 Å². The zero-order valence-corrected chi connectivity index (χ0v) is 14.5. The van der Waals surface area contributed by atoms with Crippen LogP contribution in [0.15, 0.2) is 78.9 Å². The van der Waals surface area contributed by atoms with Crippen LogP contribution in [0.3, 0.4) is 0 Å². The molecule has 3 aromatic carbocycles. The average molecular weight is 369 g/mol. The summed E-state index contributed by atoms with van der Waals surface area (Å²) in [6.07, 6.45) is -4.09. The van der Waals surface area contributed by atoms with Gasteiger partial charge in [-0.2, -0.15) is 13.2 Å². The van der Waals surface area contributed by atoms with E-state index in [1.807, 2.05) is 42.5 Å². The number of ketones is 1. The lowest BCUT2D eigenvalue weighted by Gasteiger charge is -2.09. The molecule has 0 bridgehead atoms. The first kappa shape index (κ1) is 18.7. The van der Waals surface area contributed by atoms with Crippen LogP contribution < -0.4 is 5.32 Å². The number of carbonyl (C=O) groups excluding carboxylic acids is 1. The van der Waals surface area contributed by atoms with Crippen LogP contribution in [-0.4, -0.2) is 12.3 Å². The second kappa shape index (κ2) is 8.08. The van der Waals surface area contributed by atoms with Gasteiger partial charge < -0.3 is 5.32 Å². The van der Waals surface area contributed by atoms with Gasteiger partial charge in [0.05, 0.1) is 5.56 Å². The predicted octanol–water partition coefficient (Wildman–Crippen LogP) is 6.06. The maximum Gasteiger partial charge on any atom is 0.416 e. The zero-order valence-electron chi connectivity index (χ0n) is 14.5. The average Bonchev–Trinajstić information content (AvgIpc) is 2.68. The van der Waals surface area contributed by atoms with Crippen molar-refractivity contribution in [3.8, 4) is 11.1 Å². The topological polar surface area (TPSA) is 29.1 Å². The Morgan fingerprint density at radius 2 is 1.37 bits per heavy atom. The third kappa shape index (κ3) is 4.97. The Balaban J connectivity index is 1.53. The lowest BCUT2D eigenvalue weighted by molar-refractivity contribution is -0.137. The molecule has 0 saturated carbocycles. The van der Waals surface area contributed by atoms with Crippen LogP contribution in [0, 0.1) is 0 Å². The number of halogens is 3. The minimum Gasteiger partial charge on any atom is -0.385 e. The maximum atomic E-state index is 12.5. The Labute approximate surface area is 155 Å².